The number of rotatable bonds is 2. The fourth-order valence-electron chi connectivity index (χ4n) is 1.55. The Hall–Kier alpha value is -1.07. The third-order valence-corrected chi connectivity index (χ3v) is 3.05. The number of hydrogen-bond acceptors (Lipinski definition) is 5. The third-order valence-electron chi connectivity index (χ3n) is 3.05. The van der Waals surface area contributed by atoms with Crippen molar-refractivity contribution in [3.63, 3.8) is 0 Å². The van der Waals surface area contributed by atoms with E-state index in [4.69, 9.17) is 4.74 Å². The summed E-state index contributed by atoms with van der Waals surface area (Å²) in [7, 11) is 0. The average Bonchev–Trinajstić information content (AvgIpc) is 2.31. The highest BCUT2D eigenvalue weighted by Crippen LogP contribution is 2.34. The lowest BCUT2D eigenvalue weighted by atomic mass is 9.80. The maximum absolute atomic E-state index is 11.6. The standard InChI is InChI=1S/C10H14O5/c1-5-7(12)8(13)10(4,15-5)9(3,14)6(2)11/h5,14H,1-4H3. The molecule has 1 rings (SSSR count). The van der Waals surface area contributed by atoms with Crippen LogP contribution in [0.5, 0.6) is 0 Å². The van der Waals surface area contributed by atoms with Gasteiger partial charge >= 0.3 is 0 Å². The molecule has 5 nitrogen and oxygen atoms in total. The minimum atomic E-state index is -1.98. The smallest absolute Gasteiger partial charge is 0.236 e. The minimum absolute atomic E-state index is 0.611. The van der Waals surface area contributed by atoms with Crippen molar-refractivity contribution in [2.45, 2.75) is 45.0 Å². The number of Topliss-reactive ketones (excluding diaryl/α,β-unsaturated/α-hetero) is 3. The highest BCUT2D eigenvalue weighted by atomic mass is 16.5. The predicted octanol–water partition coefficient (Wildman–Crippen LogP) is -0.358. The molecule has 15 heavy (non-hydrogen) atoms. The first-order valence-electron chi connectivity index (χ1n) is 4.64. The van der Waals surface area contributed by atoms with Gasteiger partial charge < -0.3 is 9.84 Å². The van der Waals surface area contributed by atoms with Crippen LogP contribution in [0.1, 0.15) is 27.7 Å². The summed E-state index contributed by atoms with van der Waals surface area (Å²) in [5.41, 5.74) is -3.75. The number of carbonyl (C=O) groups is 3. The van der Waals surface area contributed by atoms with Gasteiger partial charge in [0.2, 0.25) is 11.6 Å². The summed E-state index contributed by atoms with van der Waals surface area (Å²) in [6.07, 6.45) is -0.909. The largest absolute Gasteiger partial charge is 0.379 e. The maximum atomic E-state index is 11.6. The van der Waals surface area contributed by atoms with Crippen molar-refractivity contribution in [3.05, 3.63) is 0 Å². The summed E-state index contributed by atoms with van der Waals surface area (Å²) in [5.74, 6) is -2.17. The molecule has 0 aromatic rings. The van der Waals surface area contributed by atoms with Gasteiger partial charge in [-0.15, -0.1) is 0 Å². The zero-order chi connectivity index (χ0) is 12.0. The zero-order valence-corrected chi connectivity index (χ0v) is 9.16. The molecule has 84 valence electrons. The quantitative estimate of drug-likeness (QED) is 0.635. The lowest BCUT2D eigenvalue weighted by Gasteiger charge is -2.34. The van der Waals surface area contributed by atoms with Crippen LogP contribution in [-0.4, -0.2) is 39.8 Å². The number of ether oxygens (including phenoxy) is 1. The van der Waals surface area contributed by atoms with Crippen LogP contribution >= 0.6 is 0 Å². The average molecular weight is 214 g/mol. The Morgan fingerprint density at radius 3 is 2.27 bits per heavy atom. The van der Waals surface area contributed by atoms with Crippen LogP contribution in [0, 0.1) is 0 Å². The fraction of sp³-hybridized carbons (Fsp3) is 0.700. The summed E-state index contributed by atoms with van der Waals surface area (Å²) in [4.78, 5) is 34.1. The van der Waals surface area contributed by atoms with Gasteiger partial charge in [-0.05, 0) is 27.7 Å². The molecule has 1 heterocycles. The lowest BCUT2D eigenvalue weighted by molar-refractivity contribution is -0.178. The first-order valence-corrected chi connectivity index (χ1v) is 4.64. The first-order chi connectivity index (χ1) is 6.64. The number of carbonyl (C=O) groups excluding carboxylic acids is 3. The van der Waals surface area contributed by atoms with Crippen LogP contribution in [0.4, 0.5) is 0 Å². The minimum Gasteiger partial charge on any atom is -0.379 e. The van der Waals surface area contributed by atoms with E-state index in [9.17, 15) is 19.5 Å². The van der Waals surface area contributed by atoms with Gasteiger partial charge in [-0.25, -0.2) is 0 Å². The lowest BCUT2D eigenvalue weighted by Crippen LogP contribution is -2.59. The van der Waals surface area contributed by atoms with Crippen molar-refractivity contribution < 1.29 is 24.2 Å². The topological polar surface area (TPSA) is 80.7 Å². The predicted molar refractivity (Wildman–Crippen MR) is 50.3 cm³/mol. The summed E-state index contributed by atoms with van der Waals surface area (Å²) < 4.78 is 5.13. The molecule has 1 aliphatic rings. The van der Waals surface area contributed by atoms with E-state index in [0.29, 0.717) is 0 Å². The monoisotopic (exact) mass is 214 g/mol. The molecular formula is C10H14O5. The normalized spacial score (nSPS) is 35.4. The van der Waals surface area contributed by atoms with Crippen LogP contribution in [-0.2, 0) is 19.1 Å². The van der Waals surface area contributed by atoms with Crippen molar-refractivity contribution in [3.8, 4) is 0 Å². The molecule has 0 radical (unpaired) electrons. The Kier molecular flexibility index (Phi) is 2.57. The van der Waals surface area contributed by atoms with Crippen molar-refractivity contribution in [1.29, 1.82) is 0 Å². The summed E-state index contributed by atoms with van der Waals surface area (Å²) in [6.45, 7) is 5.01. The highest BCUT2D eigenvalue weighted by molar-refractivity contribution is 6.44. The van der Waals surface area contributed by atoms with Crippen LogP contribution in [0.25, 0.3) is 0 Å². The number of aliphatic hydroxyl groups is 1. The van der Waals surface area contributed by atoms with Gasteiger partial charge in [-0.2, -0.15) is 0 Å². The molecule has 0 saturated carbocycles. The van der Waals surface area contributed by atoms with Crippen LogP contribution < -0.4 is 0 Å². The molecular weight excluding hydrogens is 200 g/mol. The van der Waals surface area contributed by atoms with E-state index in [1.54, 1.807) is 0 Å². The SMILES string of the molecule is CC(=O)C(C)(O)C1(C)OC(C)C(=O)C1=O. The van der Waals surface area contributed by atoms with Crippen LogP contribution in [0.15, 0.2) is 0 Å². The summed E-state index contributed by atoms with van der Waals surface area (Å²) >= 11 is 0. The first kappa shape index (κ1) is 12.0. The van der Waals surface area contributed by atoms with Crippen molar-refractivity contribution >= 4 is 17.3 Å². The molecule has 3 unspecified atom stereocenters. The number of ketones is 3. The third kappa shape index (κ3) is 1.42. The number of hydrogen-bond donors (Lipinski definition) is 1. The highest BCUT2D eigenvalue weighted by Gasteiger charge is 2.61. The molecule has 0 bridgehead atoms. The van der Waals surface area contributed by atoms with Gasteiger partial charge in [0.15, 0.2) is 17.0 Å². The second-order valence-electron chi connectivity index (χ2n) is 4.12. The Morgan fingerprint density at radius 1 is 1.53 bits per heavy atom. The Balaban J connectivity index is 3.20. The molecule has 0 amide bonds. The van der Waals surface area contributed by atoms with Gasteiger partial charge in [0.25, 0.3) is 0 Å². The van der Waals surface area contributed by atoms with E-state index < -0.39 is 34.7 Å². The molecule has 5 heteroatoms. The van der Waals surface area contributed by atoms with E-state index >= 15 is 0 Å². The zero-order valence-electron chi connectivity index (χ0n) is 9.16. The molecule has 0 aliphatic carbocycles. The van der Waals surface area contributed by atoms with Gasteiger partial charge in [0, 0.05) is 0 Å². The van der Waals surface area contributed by atoms with E-state index in [-0.39, 0.29) is 0 Å². The molecule has 1 saturated heterocycles. The van der Waals surface area contributed by atoms with Gasteiger partial charge in [-0.3, -0.25) is 14.4 Å². The van der Waals surface area contributed by atoms with E-state index in [0.717, 1.165) is 6.92 Å². The second-order valence-corrected chi connectivity index (χ2v) is 4.12. The van der Waals surface area contributed by atoms with E-state index in [1.165, 1.54) is 20.8 Å². The van der Waals surface area contributed by atoms with Crippen molar-refractivity contribution in [2.24, 2.45) is 0 Å². The molecule has 1 N–H and O–H groups in total. The maximum Gasteiger partial charge on any atom is 0.236 e. The molecule has 0 aromatic heterocycles. The van der Waals surface area contributed by atoms with Crippen molar-refractivity contribution in [1.82, 2.24) is 0 Å². The molecule has 0 aromatic carbocycles. The second kappa shape index (κ2) is 3.21. The Bertz CT molecular complexity index is 344. The molecule has 0 spiro atoms. The van der Waals surface area contributed by atoms with Gasteiger partial charge in [0.1, 0.15) is 6.10 Å². The van der Waals surface area contributed by atoms with E-state index in [1.807, 2.05) is 0 Å². The van der Waals surface area contributed by atoms with Crippen molar-refractivity contribution in [2.75, 3.05) is 0 Å². The molecule has 3 atom stereocenters. The molecule has 1 aliphatic heterocycles. The van der Waals surface area contributed by atoms with Crippen LogP contribution in [0.2, 0.25) is 0 Å². The van der Waals surface area contributed by atoms with Gasteiger partial charge in [-0.1, -0.05) is 0 Å². The molecule has 1 fully saturated rings. The van der Waals surface area contributed by atoms with Gasteiger partial charge in [0.05, 0.1) is 0 Å². The Morgan fingerprint density at radius 2 is 2.00 bits per heavy atom. The summed E-state index contributed by atoms with van der Waals surface area (Å²) in [5, 5.41) is 9.91. The van der Waals surface area contributed by atoms with Crippen LogP contribution in [0.3, 0.4) is 0 Å². The fourth-order valence-corrected chi connectivity index (χ4v) is 1.55. The Labute approximate surface area is 87.4 Å². The van der Waals surface area contributed by atoms with E-state index in [2.05, 4.69) is 0 Å². The summed E-state index contributed by atoms with van der Waals surface area (Å²) in [6, 6.07) is 0.